The highest BCUT2D eigenvalue weighted by Crippen LogP contribution is 2.34. The van der Waals surface area contributed by atoms with Gasteiger partial charge in [-0.15, -0.1) is 0 Å². The molecule has 3 aromatic rings. The molecule has 0 radical (unpaired) electrons. The van der Waals surface area contributed by atoms with Gasteiger partial charge in [0.1, 0.15) is 11.3 Å². The molecule has 0 unspecified atom stereocenters. The van der Waals surface area contributed by atoms with Gasteiger partial charge in [0, 0.05) is 21.8 Å². The van der Waals surface area contributed by atoms with Crippen LogP contribution in [0.3, 0.4) is 0 Å². The Hall–Kier alpha value is -3.02. The number of rotatable bonds is 2. The predicted molar refractivity (Wildman–Crippen MR) is 80.1 cm³/mol. The van der Waals surface area contributed by atoms with Crippen molar-refractivity contribution in [1.29, 1.82) is 0 Å². The number of phenols is 1. The number of aromatic amines is 1. The second-order valence-corrected chi connectivity index (χ2v) is 4.75. The molecule has 2 aromatic carbocycles. The molecule has 6 nitrogen and oxygen atoms in total. The number of aromatic hydroxyl groups is 1. The number of methoxy groups -OCH3 is 2. The van der Waals surface area contributed by atoms with Crippen LogP contribution >= 0.6 is 0 Å². The minimum absolute atomic E-state index is 0.0632. The number of hydrogen-bond donors (Lipinski definition) is 2. The largest absolute Gasteiger partial charge is 0.507 e. The molecule has 0 spiro atoms. The summed E-state index contributed by atoms with van der Waals surface area (Å²) in [5.74, 6) is -1.30. The number of fused-ring (bicyclic) bond motifs is 3. The van der Waals surface area contributed by atoms with Crippen molar-refractivity contribution in [3.8, 4) is 5.75 Å². The lowest BCUT2D eigenvalue weighted by atomic mass is 10.0. The topological polar surface area (TPSA) is 88.6 Å². The van der Waals surface area contributed by atoms with Crippen molar-refractivity contribution in [3.63, 3.8) is 0 Å². The number of ether oxygens (including phenoxy) is 2. The Morgan fingerprint density at radius 2 is 1.68 bits per heavy atom. The molecule has 0 amide bonds. The molecule has 0 saturated heterocycles. The third-order valence-electron chi connectivity index (χ3n) is 3.55. The Bertz CT molecular complexity index is 910. The lowest BCUT2D eigenvalue weighted by Crippen LogP contribution is -2.02. The van der Waals surface area contributed by atoms with Gasteiger partial charge in [-0.05, 0) is 30.3 Å². The molecule has 0 aliphatic heterocycles. The average Bonchev–Trinajstić information content (AvgIpc) is 2.91. The number of H-pyrrole nitrogens is 1. The van der Waals surface area contributed by atoms with Gasteiger partial charge in [-0.3, -0.25) is 0 Å². The van der Waals surface area contributed by atoms with E-state index in [0.29, 0.717) is 21.9 Å². The molecule has 0 aliphatic carbocycles. The minimum Gasteiger partial charge on any atom is -0.507 e. The summed E-state index contributed by atoms with van der Waals surface area (Å²) < 4.78 is 9.44. The summed E-state index contributed by atoms with van der Waals surface area (Å²) in [5, 5.41) is 11.1. The maximum absolute atomic E-state index is 12.0. The van der Waals surface area contributed by atoms with Crippen LogP contribution < -0.4 is 0 Å². The van der Waals surface area contributed by atoms with Gasteiger partial charge in [-0.25, -0.2) is 9.59 Å². The van der Waals surface area contributed by atoms with E-state index in [-0.39, 0.29) is 11.3 Å². The number of benzene rings is 2. The Morgan fingerprint density at radius 3 is 2.36 bits per heavy atom. The summed E-state index contributed by atoms with van der Waals surface area (Å²) in [6.07, 6.45) is 0. The molecule has 6 heteroatoms. The maximum Gasteiger partial charge on any atom is 0.342 e. The van der Waals surface area contributed by atoms with Gasteiger partial charge in [-0.2, -0.15) is 0 Å². The smallest absolute Gasteiger partial charge is 0.342 e. The molecule has 0 fully saturated rings. The van der Waals surface area contributed by atoms with Crippen molar-refractivity contribution in [2.45, 2.75) is 0 Å². The van der Waals surface area contributed by atoms with Crippen molar-refractivity contribution in [1.82, 2.24) is 4.98 Å². The zero-order valence-corrected chi connectivity index (χ0v) is 12.0. The van der Waals surface area contributed by atoms with Crippen LogP contribution in [0.4, 0.5) is 0 Å². The van der Waals surface area contributed by atoms with Gasteiger partial charge in [0.05, 0.1) is 19.8 Å². The third kappa shape index (κ3) is 1.96. The number of nitrogens with one attached hydrogen (secondary N) is 1. The lowest BCUT2D eigenvalue weighted by Gasteiger charge is -2.05. The molecule has 1 aromatic heterocycles. The van der Waals surface area contributed by atoms with Crippen molar-refractivity contribution < 1.29 is 24.2 Å². The third-order valence-corrected chi connectivity index (χ3v) is 3.55. The van der Waals surface area contributed by atoms with E-state index in [9.17, 15) is 14.7 Å². The van der Waals surface area contributed by atoms with Crippen LogP contribution in [0.15, 0.2) is 30.3 Å². The number of phenolic OH excluding ortho intramolecular Hbond substituents is 1. The fraction of sp³-hybridized carbons (Fsp3) is 0.125. The van der Waals surface area contributed by atoms with Crippen LogP contribution in [-0.2, 0) is 9.47 Å². The second kappa shape index (κ2) is 5.07. The highest BCUT2D eigenvalue weighted by molar-refractivity contribution is 6.18. The number of carbonyl (C=O) groups is 2. The molecule has 3 rings (SSSR count). The molecule has 112 valence electrons. The van der Waals surface area contributed by atoms with E-state index in [4.69, 9.17) is 9.47 Å². The molecule has 1 heterocycles. The van der Waals surface area contributed by atoms with E-state index in [2.05, 4.69) is 4.98 Å². The summed E-state index contributed by atoms with van der Waals surface area (Å²) >= 11 is 0. The summed E-state index contributed by atoms with van der Waals surface area (Å²) in [4.78, 5) is 26.8. The first-order chi connectivity index (χ1) is 10.6. The summed E-state index contributed by atoms with van der Waals surface area (Å²) in [6.45, 7) is 0. The van der Waals surface area contributed by atoms with Crippen molar-refractivity contribution >= 4 is 33.7 Å². The van der Waals surface area contributed by atoms with E-state index in [1.165, 1.54) is 20.3 Å². The van der Waals surface area contributed by atoms with Crippen LogP contribution in [0.1, 0.15) is 20.7 Å². The lowest BCUT2D eigenvalue weighted by molar-refractivity contribution is 0.0591. The first-order valence-electron chi connectivity index (χ1n) is 6.51. The van der Waals surface area contributed by atoms with Gasteiger partial charge >= 0.3 is 11.9 Å². The Balaban J connectivity index is 2.41. The van der Waals surface area contributed by atoms with E-state index < -0.39 is 11.9 Å². The number of aromatic nitrogens is 1. The summed E-state index contributed by atoms with van der Waals surface area (Å²) in [5.41, 5.74) is 1.82. The van der Waals surface area contributed by atoms with E-state index in [0.717, 1.165) is 5.52 Å². The minimum atomic E-state index is -0.646. The Morgan fingerprint density at radius 1 is 1.00 bits per heavy atom. The molecule has 0 bridgehead atoms. The number of carbonyl (C=O) groups excluding carboxylic acids is 2. The number of hydrogen-bond acceptors (Lipinski definition) is 5. The molecule has 22 heavy (non-hydrogen) atoms. The molecule has 0 atom stereocenters. The standard InChI is InChI=1S/C16H13NO5/c1-21-15(19)8-3-4-10-9(7-8)13-11(17-10)5-6-12(18)14(13)16(20)22-2/h3-7,17-18H,1-2H3. The van der Waals surface area contributed by atoms with Gasteiger partial charge < -0.3 is 19.6 Å². The van der Waals surface area contributed by atoms with Crippen LogP contribution in [0, 0.1) is 0 Å². The van der Waals surface area contributed by atoms with Crippen LogP contribution in [-0.4, -0.2) is 36.2 Å². The van der Waals surface area contributed by atoms with E-state index in [1.807, 2.05) is 0 Å². The van der Waals surface area contributed by atoms with E-state index in [1.54, 1.807) is 24.3 Å². The average molecular weight is 299 g/mol. The highest BCUT2D eigenvalue weighted by atomic mass is 16.5. The zero-order chi connectivity index (χ0) is 15.9. The molecule has 0 aliphatic rings. The monoisotopic (exact) mass is 299 g/mol. The molecule has 2 N–H and O–H groups in total. The molecular formula is C16H13NO5. The highest BCUT2D eigenvalue weighted by Gasteiger charge is 2.20. The van der Waals surface area contributed by atoms with Crippen molar-refractivity contribution in [2.24, 2.45) is 0 Å². The summed E-state index contributed by atoms with van der Waals surface area (Å²) in [7, 11) is 2.54. The fourth-order valence-electron chi connectivity index (χ4n) is 2.53. The SMILES string of the molecule is COC(=O)c1ccc2[nH]c3ccc(O)c(C(=O)OC)c3c2c1. The molecule has 0 saturated carbocycles. The van der Waals surface area contributed by atoms with Crippen LogP contribution in [0.2, 0.25) is 0 Å². The second-order valence-electron chi connectivity index (χ2n) is 4.75. The van der Waals surface area contributed by atoms with Gasteiger partial charge in [0.15, 0.2) is 0 Å². The number of esters is 2. The first kappa shape index (κ1) is 13.9. The van der Waals surface area contributed by atoms with Gasteiger partial charge in [0.25, 0.3) is 0 Å². The van der Waals surface area contributed by atoms with E-state index >= 15 is 0 Å². The Labute approximate surface area is 125 Å². The quantitative estimate of drug-likeness (QED) is 0.710. The zero-order valence-electron chi connectivity index (χ0n) is 12.0. The van der Waals surface area contributed by atoms with Crippen LogP contribution in [0.5, 0.6) is 5.75 Å². The van der Waals surface area contributed by atoms with Gasteiger partial charge in [-0.1, -0.05) is 0 Å². The summed E-state index contributed by atoms with van der Waals surface area (Å²) in [6, 6.07) is 8.05. The maximum atomic E-state index is 12.0. The Kier molecular flexibility index (Phi) is 3.21. The fourth-order valence-corrected chi connectivity index (χ4v) is 2.53. The van der Waals surface area contributed by atoms with Gasteiger partial charge in [0.2, 0.25) is 0 Å². The predicted octanol–water partition coefficient (Wildman–Crippen LogP) is 2.60. The van der Waals surface area contributed by atoms with Crippen molar-refractivity contribution in [2.75, 3.05) is 14.2 Å². The van der Waals surface area contributed by atoms with Crippen LogP contribution in [0.25, 0.3) is 21.8 Å². The normalized spacial score (nSPS) is 10.8. The first-order valence-corrected chi connectivity index (χ1v) is 6.51. The van der Waals surface area contributed by atoms with Crippen molar-refractivity contribution in [3.05, 3.63) is 41.5 Å². The molecular weight excluding hydrogens is 286 g/mol.